The number of hydrogen-bond donors (Lipinski definition) is 1. The summed E-state index contributed by atoms with van der Waals surface area (Å²) in [7, 11) is -1.90. The molecule has 162 valence electrons. The average molecular weight is 434 g/mol. The van der Waals surface area contributed by atoms with Gasteiger partial charge in [0.15, 0.2) is 18.1 Å². The van der Waals surface area contributed by atoms with Crippen molar-refractivity contribution in [3.63, 3.8) is 0 Å². The molecule has 0 saturated carbocycles. The van der Waals surface area contributed by atoms with Gasteiger partial charge in [-0.1, -0.05) is 30.3 Å². The fourth-order valence-corrected chi connectivity index (χ4v) is 4.66. The molecular weight excluding hydrogens is 406 g/mol. The quantitative estimate of drug-likeness (QED) is 0.639. The number of para-hydroxylation sites is 2. The predicted molar refractivity (Wildman–Crippen MR) is 113 cm³/mol. The molecule has 0 atom stereocenters. The Morgan fingerprint density at radius 1 is 0.967 bits per heavy atom. The summed E-state index contributed by atoms with van der Waals surface area (Å²) >= 11 is 0. The Balaban J connectivity index is 1.37. The average Bonchev–Trinajstić information content (AvgIpc) is 2.79. The maximum Gasteiger partial charge on any atom is 0.257 e. The van der Waals surface area contributed by atoms with Gasteiger partial charge in [0.25, 0.3) is 5.91 Å². The van der Waals surface area contributed by atoms with E-state index in [0.717, 1.165) is 0 Å². The van der Waals surface area contributed by atoms with E-state index < -0.39 is 10.0 Å². The molecule has 1 fully saturated rings. The van der Waals surface area contributed by atoms with Crippen molar-refractivity contribution in [1.82, 2.24) is 14.5 Å². The van der Waals surface area contributed by atoms with Crippen molar-refractivity contribution < 1.29 is 22.7 Å². The summed E-state index contributed by atoms with van der Waals surface area (Å²) in [5, 5.41) is 2.83. The van der Waals surface area contributed by atoms with Crippen LogP contribution in [0.4, 0.5) is 0 Å². The van der Waals surface area contributed by atoms with Crippen molar-refractivity contribution in [2.24, 2.45) is 0 Å². The maximum atomic E-state index is 12.7. The van der Waals surface area contributed by atoms with E-state index in [9.17, 15) is 13.2 Å². The molecule has 2 aromatic carbocycles. The van der Waals surface area contributed by atoms with Gasteiger partial charge in [-0.05, 0) is 24.3 Å². The number of rotatable bonds is 9. The molecule has 0 spiro atoms. The van der Waals surface area contributed by atoms with Crippen LogP contribution < -0.4 is 14.8 Å². The SMILES string of the molecule is COc1ccccc1OCC(=O)NCCN1CCN(S(=O)(=O)c2ccccc2)CC1. The summed E-state index contributed by atoms with van der Waals surface area (Å²) in [6, 6.07) is 15.6. The molecular formula is C21H27N3O5S. The Hall–Kier alpha value is -2.62. The van der Waals surface area contributed by atoms with E-state index in [1.165, 1.54) is 4.31 Å². The van der Waals surface area contributed by atoms with Gasteiger partial charge in [-0.25, -0.2) is 8.42 Å². The maximum absolute atomic E-state index is 12.7. The molecule has 0 aromatic heterocycles. The van der Waals surface area contributed by atoms with Crippen molar-refractivity contribution in [2.45, 2.75) is 4.90 Å². The van der Waals surface area contributed by atoms with Gasteiger partial charge in [0, 0.05) is 39.3 Å². The summed E-state index contributed by atoms with van der Waals surface area (Å²) in [4.78, 5) is 14.5. The zero-order valence-electron chi connectivity index (χ0n) is 17.0. The van der Waals surface area contributed by atoms with Crippen molar-refractivity contribution >= 4 is 15.9 Å². The number of sulfonamides is 1. The first-order chi connectivity index (χ1) is 14.5. The van der Waals surface area contributed by atoms with E-state index in [1.807, 2.05) is 12.1 Å². The summed E-state index contributed by atoms with van der Waals surface area (Å²) in [5.41, 5.74) is 0. The van der Waals surface area contributed by atoms with Crippen LogP contribution in [0.2, 0.25) is 0 Å². The van der Waals surface area contributed by atoms with Crippen LogP contribution in [0.25, 0.3) is 0 Å². The van der Waals surface area contributed by atoms with Gasteiger partial charge in [-0.3, -0.25) is 9.69 Å². The Morgan fingerprint density at radius 3 is 2.27 bits per heavy atom. The monoisotopic (exact) mass is 433 g/mol. The highest BCUT2D eigenvalue weighted by molar-refractivity contribution is 7.89. The van der Waals surface area contributed by atoms with Crippen molar-refractivity contribution in [3.8, 4) is 11.5 Å². The van der Waals surface area contributed by atoms with Crippen LogP contribution in [0.5, 0.6) is 11.5 Å². The molecule has 0 unspecified atom stereocenters. The van der Waals surface area contributed by atoms with Crippen molar-refractivity contribution in [3.05, 3.63) is 54.6 Å². The van der Waals surface area contributed by atoms with Crippen LogP contribution in [-0.4, -0.2) is 76.5 Å². The molecule has 30 heavy (non-hydrogen) atoms. The summed E-state index contributed by atoms with van der Waals surface area (Å²) in [6.45, 7) is 3.14. The van der Waals surface area contributed by atoms with Crippen LogP contribution in [0.15, 0.2) is 59.5 Å². The standard InChI is InChI=1S/C21H27N3O5S/c1-28-19-9-5-6-10-20(19)29-17-21(25)22-11-12-23-13-15-24(16-14-23)30(26,27)18-7-3-2-4-8-18/h2-10H,11-17H2,1H3,(H,22,25). The number of amides is 1. The van der Waals surface area contributed by atoms with Gasteiger partial charge < -0.3 is 14.8 Å². The number of ether oxygens (including phenoxy) is 2. The third kappa shape index (κ3) is 5.71. The summed E-state index contributed by atoms with van der Waals surface area (Å²) < 4.78 is 37.5. The first-order valence-electron chi connectivity index (χ1n) is 9.81. The second kappa shape index (κ2) is 10.4. The number of nitrogens with one attached hydrogen (secondary N) is 1. The van der Waals surface area contributed by atoms with Crippen LogP contribution in [0, 0.1) is 0 Å². The van der Waals surface area contributed by atoms with E-state index in [4.69, 9.17) is 9.47 Å². The number of carbonyl (C=O) groups excluding carboxylic acids is 1. The molecule has 3 rings (SSSR count). The minimum Gasteiger partial charge on any atom is -0.493 e. The number of benzene rings is 2. The third-order valence-corrected chi connectivity index (χ3v) is 6.80. The topological polar surface area (TPSA) is 88.2 Å². The van der Waals surface area contributed by atoms with Gasteiger partial charge in [-0.15, -0.1) is 0 Å². The molecule has 1 saturated heterocycles. The molecule has 9 heteroatoms. The van der Waals surface area contributed by atoms with Crippen molar-refractivity contribution in [1.29, 1.82) is 0 Å². The molecule has 0 radical (unpaired) electrons. The summed E-state index contributed by atoms with van der Waals surface area (Å²) in [5.74, 6) is 0.880. The molecule has 0 bridgehead atoms. The Kier molecular flexibility index (Phi) is 7.67. The highest BCUT2D eigenvalue weighted by Gasteiger charge is 2.28. The van der Waals surface area contributed by atoms with Crippen LogP contribution >= 0.6 is 0 Å². The molecule has 1 aliphatic rings. The minimum absolute atomic E-state index is 0.0938. The number of piperazine rings is 1. The molecule has 1 amide bonds. The Bertz CT molecular complexity index is 929. The van der Waals surface area contributed by atoms with Crippen LogP contribution in [0.1, 0.15) is 0 Å². The molecule has 1 aliphatic heterocycles. The smallest absolute Gasteiger partial charge is 0.257 e. The summed E-state index contributed by atoms with van der Waals surface area (Å²) in [6.07, 6.45) is 0. The largest absolute Gasteiger partial charge is 0.493 e. The van der Waals surface area contributed by atoms with E-state index in [0.29, 0.717) is 55.7 Å². The van der Waals surface area contributed by atoms with Gasteiger partial charge in [0.2, 0.25) is 10.0 Å². The molecule has 1 heterocycles. The van der Waals surface area contributed by atoms with Gasteiger partial charge in [0.1, 0.15) is 0 Å². The Morgan fingerprint density at radius 2 is 1.60 bits per heavy atom. The molecule has 0 aliphatic carbocycles. The lowest BCUT2D eigenvalue weighted by atomic mass is 10.3. The minimum atomic E-state index is -3.45. The van der Waals surface area contributed by atoms with Crippen LogP contribution in [-0.2, 0) is 14.8 Å². The lowest BCUT2D eigenvalue weighted by molar-refractivity contribution is -0.123. The first kappa shape index (κ1) is 22.1. The van der Waals surface area contributed by atoms with Gasteiger partial charge >= 0.3 is 0 Å². The van der Waals surface area contributed by atoms with Crippen molar-refractivity contribution in [2.75, 3.05) is 53.0 Å². The zero-order chi connectivity index (χ0) is 21.4. The first-order valence-corrected chi connectivity index (χ1v) is 11.2. The van der Waals surface area contributed by atoms with E-state index in [2.05, 4.69) is 10.2 Å². The predicted octanol–water partition coefficient (Wildman–Crippen LogP) is 1.20. The van der Waals surface area contributed by atoms with Gasteiger partial charge in [-0.2, -0.15) is 4.31 Å². The van der Waals surface area contributed by atoms with E-state index >= 15 is 0 Å². The zero-order valence-corrected chi connectivity index (χ0v) is 17.8. The van der Waals surface area contributed by atoms with E-state index in [1.54, 1.807) is 49.6 Å². The highest BCUT2D eigenvalue weighted by atomic mass is 32.2. The fourth-order valence-electron chi connectivity index (χ4n) is 3.22. The second-order valence-electron chi connectivity index (χ2n) is 6.85. The normalized spacial score (nSPS) is 15.5. The lowest BCUT2D eigenvalue weighted by Gasteiger charge is -2.33. The number of methoxy groups -OCH3 is 1. The highest BCUT2D eigenvalue weighted by Crippen LogP contribution is 2.25. The third-order valence-electron chi connectivity index (χ3n) is 4.89. The number of carbonyl (C=O) groups is 1. The lowest BCUT2D eigenvalue weighted by Crippen LogP contribution is -2.50. The second-order valence-corrected chi connectivity index (χ2v) is 8.79. The fraction of sp³-hybridized carbons (Fsp3) is 0.381. The number of nitrogens with zero attached hydrogens (tertiary/aromatic N) is 2. The Labute approximate surface area is 177 Å². The van der Waals surface area contributed by atoms with Crippen LogP contribution in [0.3, 0.4) is 0 Å². The molecule has 2 aromatic rings. The van der Waals surface area contributed by atoms with E-state index in [-0.39, 0.29) is 12.5 Å². The molecule has 1 N–H and O–H groups in total. The number of hydrogen-bond acceptors (Lipinski definition) is 6. The van der Waals surface area contributed by atoms with Gasteiger partial charge in [0.05, 0.1) is 12.0 Å². The molecule has 8 nitrogen and oxygen atoms in total.